The van der Waals surface area contributed by atoms with Crippen LogP contribution in [-0.4, -0.2) is 35.0 Å². The molecule has 0 aromatic heterocycles. The van der Waals surface area contributed by atoms with E-state index in [-0.39, 0.29) is 22.2 Å². The number of hydrogen-bond donors (Lipinski definition) is 3. The highest BCUT2D eigenvalue weighted by molar-refractivity contribution is 7.99. The zero-order chi connectivity index (χ0) is 13.5. The Balaban J connectivity index is 2.65. The Hall–Kier alpha value is -1.24. The molecule has 1 aromatic carbocycles. The summed E-state index contributed by atoms with van der Waals surface area (Å²) in [5.74, 6) is -0.350. The fraction of sp³-hybridized carbons (Fsp3) is 0.273. The molecular formula is C11H13ClN2O3S. The van der Waals surface area contributed by atoms with Crippen LogP contribution in [0.4, 0.5) is 5.69 Å². The third-order valence-electron chi connectivity index (χ3n) is 1.98. The van der Waals surface area contributed by atoms with Gasteiger partial charge in [-0.25, -0.2) is 4.79 Å². The summed E-state index contributed by atoms with van der Waals surface area (Å²) < 4.78 is 0. The highest BCUT2D eigenvalue weighted by Gasteiger charge is 2.10. The zero-order valence-corrected chi connectivity index (χ0v) is 11.1. The number of nitrogens with one attached hydrogen (secondary N) is 1. The SMILES string of the molecule is NCCSCC(=O)Nc1ccc(Cl)c(C(=O)O)c1. The second-order valence-corrected chi connectivity index (χ2v) is 4.90. The molecule has 0 atom stereocenters. The number of amides is 1. The number of aromatic carboxylic acids is 1. The standard InChI is InChI=1S/C11H13ClN2O3S/c12-9-2-1-7(5-8(9)11(16)17)14-10(15)6-18-4-3-13/h1-2,5H,3-4,6,13H2,(H,14,15)(H,16,17). The highest BCUT2D eigenvalue weighted by atomic mass is 35.5. The van der Waals surface area contributed by atoms with Gasteiger partial charge >= 0.3 is 5.97 Å². The minimum Gasteiger partial charge on any atom is -0.478 e. The predicted molar refractivity (Wildman–Crippen MR) is 73.4 cm³/mol. The lowest BCUT2D eigenvalue weighted by Gasteiger charge is -2.06. The summed E-state index contributed by atoms with van der Waals surface area (Å²) in [6.07, 6.45) is 0. The first-order chi connectivity index (χ1) is 8.54. The van der Waals surface area contributed by atoms with Gasteiger partial charge in [-0.15, -0.1) is 0 Å². The molecule has 0 aliphatic rings. The van der Waals surface area contributed by atoms with Gasteiger partial charge in [0.05, 0.1) is 16.3 Å². The van der Waals surface area contributed by atoms with Crippen molar-refractivity contribution in [2.24, 2.45) is 5.73 Å². The minimum atomic E-state index is -1.13. The Morgan fingerprint density at radius 1 is 1.44 bits per heavy atom. The number of hydrogen-bond acceptors (Lipinski definition) is 4. The highest BCUT2D eigenvalue weighted by Crippen LogP contribution is 2.20. The van der Waals surface area contributed by atoms with Crippen LogP contribution in [-0.2, 0) is 4.79 Å². The topological polar surface area (TPSA) is 92.4 Å². The third-order valence-corrected chi connectivity index (χ3v) is 3.30. The van der Waals surface area contributed by atoms with E-state index in [0.717, 1.165) is 0 Å². The van der Waals surface area contributed by atoms with Crippen LogP contribution in [0.1, 0.15) is 10.4 Å². The van der Waals surface area contributed by atoms with Gasteiger partial charge in [-0.1, -0.05) is 11.6 Å². The van der Waals surface area contributed by atoms with Crippen LogP contribution in [0.25, 0.3) is 0 Å². The van der Waals surface area contributed by atoms with E-state index in [1.54, 1.807) is 6.07 Å². The number of benzene rings is 1. The van der Waals surface area contributed by atoms with E-state index in [1.165, 1.54) is 23.9 Å². The molecule has 0 saturated carbocycles. The van der Waals surface area contributed by atoms with Gasteiger partial charge < -0.3 is 16.2 Å². The molecule has 4 N–H and O–H groups in total. The van der Waals surface area contributed by atoms with Crippen LogP contribution in [0.3, 0.4) is 0 Å². The normalized spacial score (nSPS) is 10.1. The van der Waals surface area contributed by atoms with Crippen molar-refractivity contribution in [2.45, 2.75) is 0 Å². The van der Waals surface area contributed by atoms with Crippen molar-refractivity contribution in [1.29, 1.82) is 0 Å². The molecule has 0 saturated heterocycles. The molecule has 0 fully saturated rings. The van der Waals surface area contributed by atoms with E-state index in [0.29, 0.717) is 18.0 Å². The number of nitrogens with two attached hydrogens (primary N) is 1. The van der Waals surface area contributed by atoms with Crippen molar-refractivity contribution in [3.63, 3.8) is 0 Å². The molecule has 1 amide bonds. The molecule has 0 spiro atoms. The summed E-state index contributed by atoms with van der Waals surface area (Å²) in [6.45, 7) is 0.516. The van der Waals surface area contributed by atoms with E-state index in [1.807, 2.05) is 0 Å². The Morgan fingerprint density at radius 3 is 2.78 bits per heavy atom. The van der Waals surface area contributed by atoms with E-state index >= 15 is 0 Å². The largest absolute Gasteiger partial charge is 0.478 e. The average molecular weight is 289 g/mol. The number of carbonyl (C=O) groups is 2. The number of carboxylic acids is 1. The first kappa shape index (κ1) is 14.8. The maximum Gasteiger partial charge on any atom is 0.337 e. The fourth-order valence-electron chi connectivity index (χ4n) is 1.21. The van der Waals surface area contributed by atoms with E-state index in [9.17, 15) is 9.59 Å². The van der Waals surface area contributed by atoms with Crippen LogP contribution < -0.4 is 11.1 Å². The number of rotatable bonds is 6. The first-order valence-electron chi connectivity index (χ1n) is 5.15. The predicted octanol–water partition coefficient (Wildman–Crippen LogP) is 1.67. The summed E-state index contributed by atoms with van der Waals surface area (Å²) >= 11 is 7.13. The molecule has 1 aromatic rings. The number of halogens is 1. The van der Waals surface area contributed by atoms with Gasteiger partial charge in [-0.3, -0.25) is 4.79 Å². The zero-order valence-electron chi connectivity index (χ0n) is 9.48. The van der Waals surface area contributed by atoms with Crippen LogP contribution in [0, 0.1) is 0 Å². The second-order valence-electron chi connectivity index (χ2n) is 3.39. The summed E-state index contributed by atoms with van der Waals surface area (Å²) in [6, 6.07) is 4.32. The Kier molecular flexibility index (Phi) is 5.97. The molecule has 7 heteroatoms. The fourth-order valence-corrected chi connectivity index (χ4v) is 1.98. The minimum absolute atomic E-state index is 0.0379. The maximum atomic E-state index is 11.5. The monoisotopic (exact) mass is 288 g/mol. The number of carboxylic acid groups (broad SMARTS) is 1. The van der Waals surface area contributed by atoms with E-state index in [4.69, 9.17) is 22.4 Å². The van der Waals surface area contributed by atoms with Gasteiger partial charge in [-0.05, 0) is 18.2 Å². The maximum absolute atomic E-state index is 11.5. The Bertz CT molecular complexity index is 454. The average Bonchev–Trinajstić information content (AvgIpc) is 2.31. The lowest BCUT2D eigenvalue weighted by atomic mass is 10.2. The third kappa shape index (κ3) is 4.56. The molecule has 98 valence electrons. The molecular weight excluding hydrogens is 276 g/mol. The number of carbonyl (C=O) groups excluding carboxylic acids is 1. The summed E-state index contributed by atoms with van der Waals surface area (Å²) in [5.41, 5.74) is 5.68. The van der Waals surface area contributed by atoms with Crippen LogP contribution >= 0.6 is 23.4 Å². The summed E-state index contributed by atoms with van der Waals surface area (Å²) in [5, 5.41) is 11.6. The van der Waals surface area contributed by atoms with Crippen LogP contribution in [0.2, 0.25) is 5.02 Å². The molecule has 0 heterocycles. The van der Waals surface area contributed by atoms with Crippen molar-refractivity contribution in [1.82, 2.24) is 0 Å². The quantitative estimate of drug-likeness (QED) is 0.693. The number of anilines is 1. The molecule has 1 rings (SSSR count). The molecule has 0 aliphatic carbocycles. The second kappa shape index (κ2) is 7.25. The number of thioether (sulfide) groups is 1. The Labute approximate surface area is 114 Å². The molecule has 0 unspecified atom stereocenters. The molecule has 5 nitrogen and oxygen atoms in total. The van der Waals surface area contributed by atoms with Crippen LogP contribution in [0.15, 0.2) is 18.2 Å². The summed E-state index contributed by atoms with van der Waals surface area (Å²) in [4.78, 5) is 22.4. The molecule has 0 radical (unpaired) electrons. The molecule has 0 bridgehead atoms. The van der Waals surface area contributed by atoms with E-state index in [2.05, 4.69) is 5.32 Å². The summed E-state index contributed by atoms with van der Waals surface area (Å²) in [7, 11) is 0. The van der Waals surface area contributed by atoms with Crippen molar-refractivity contribution < 1.29 is 14.7 Å². The first-order valence-corrected chi connectivity index (χ1v) is 6.68. The van der Waals surface area contributed by atoms with Crippen molar-refractivity contribution in [2.75, 3.05) is 23.4 Å². The van der Waals surface area contributed by atoms with Crippen LogP contribution in [0.5, 0.6) is 0 Å². The van der Waals surface area contributed by atoms with Gasteiger partial charge in [0.25, 0.3) is 0 Å². The Morgan fingerprint density at radius 2 is 2.17 bits per heavy atom. The lowest BCUT2D eigenvalue weighted by molar-refractivity contribution is -0.113. The van der Waals surface area contributed by atoms with E-state index < -0.39 is 5.97 Å². The molecule has 18 heavy (non-hydrogen) atoms. The van der Waals surface area contributed by atoms with Gasteiger partial charge in [-0.2, -0.15) is 11.8 Å². The van der Waals surface area contributed by atoms with Gasteiger partial charge in [0.2, 0.25) is 5.91 Å². The van der Waals surface area contributed by atoms with Crippen molar-refractivity contribution in [3.05, 3.63) is 28.8 Å². The van der Waals surface area contributed by atoms with Crippen molar-refractivity contribution in [3.8, 4) is 0 Å². The van der Waals surface area contributed by atoms with Gasteiger partial charge in [0.1, 0.15) is 0 Å². The van der Waals surface area contributed by atoms with Crippen molar-refractivity contribution >= 4 is 40.9 Å². The van der Waals surface area contributed by atoms with Gasteiger partial charge in [0.15, 0.2) is 0 Å². The van der Waals surface area contributed by atoms with Gasteiger partial charge in [0, 0.05) is 18.0 Å². The smallest absolute Gasteiger partial charge is 0.337 e. The molecule has 0 aliphatic heterocycles. The lowest BCUT2D eigenvalue weighted by Crippen LogP contribution is -2.16.